The number of nitrogens with zero attached hydrogens (tertiary/aromatic N) is 1. The lowest BCUT2D eigenvalue weighted by molar-refractivity contribution is 0.0465. The van der Waals surface area contributed by atoms with E-state index in [-0.39, 0.29) is 12.2 Å². The van der Waals surface area contributed by atoms with Crippen LogP contribution in [0.2, 0.25) is 0 Å². The molecule has 96 valence electrons. The first kappa shape index (κ1) is 12.8. The van der Waals surface area contributed by atoms with Crippen molar-refractivity contribution < 1.29 is 14.3 Å². The third-order valence-corrected chi connectivity index (χ3v) is 2.51. The van der Waals surface area contributed by atoms with Gasteiger partial charge in [0.1, 0.15) is 6.61 Å². The van der Waals surface area contributed by atoms with Crippen LogP contribution in [-0.4, -0.2) is 16.9 Å². The van der Waals surface area contributed by atoms with Crippen LogP contribution in [-0.2, 0) is 11.3 Å². The molecule has 0 saturated carbocycles. The number of ether oxygens (including phenoxy) is 1. The Morgan fingerprint density at radius 1 is 1.11 bits per heavy atom. The average molecular weight is 256 g/mol. The van der Waals surface area contributed by atoms with Gasteiger partial charge in [0.15, 0.2) is 0 Å². The first-order chi connectivity index (χ1) is 9.18. The van der Waals surface area contributed by atoms with Gasteiger partial charge in [0.25, 0.3) is 5.91 Å². The molecule has 1 heterocycles. The minimum absolute atomic E-state index is 0.0904. The number of carbonyl (C=O) groups excluding carboxylic acids is 2. The van der Waals surface area contributed by atoms with Crippen molar-refractivity contribution >= 4 is 11.9 Å². The number of benzene rings is 1. The summed E-state index contributed by atoms with van der Waals surface area (Å²) in [5.74, 6) is -1.07. The summed E-state index contributed by atoms with van der Waals surface area (Å²) in [7, 11) is 0. The van der Waals surface area contributed by atoms with Gasteiger partial charge in [-0.15, -0.1) is 0 Å². The Morgan fingerprint density at radius 2 is 1.84 bits per heavy atom. The standard InChI is InChI=1S/C14H12N2O3/c15-13(17)11-7-4-8-16-12(11)9-19-14(18)10-5-2-1-3-6-10/h1-8H,9H2,(H2,15,17). The largest absolute Gasteiger partial charge is 0.456 e. The molecule has 0 radical (unpaired) electrons. The summed E-state index contributed by atoms with van der Waals surface area (Å²) >= 11 is 0. The van der Waals surface area contributed by atoms with Crippen LogP contribution in [0.25, 0.3) is 0 Å². The van der Waals surface area contributed by atoms with E-state index in [1.54, 1.807) is 42.5 Å². The maximum Gasteiger partial charge on any atom is 0.338 e. The Bertz CT molecular complexity index is 597. The number of aromatic nitrogens is 1. The topological polar surface area (TPSA) is 82.3 Å². The van der Waals surface area contributed by atoms with Crippen LogP contribution < -0.4 is 5.73 Å². The lowest BCUT2D eigenvalue weighted by atomic mass is 10.2. The van der Waals surface area contributed by atoms with Gasteiger partial charge in [-0.05, 0) is 24.3 Å². The lowest BCUT2D eigenvalue weighted by Crippen LogP contribution is -2.16. The highest BCUT2D eigenvalue weighted by atomic mass is 16.5. The Morgan fingerprint density at radius 3 is 2.53 bits per heavy atom. The zero-order valence-corrected chi connectivity index (χ0v) is 10.1. The zero-order valence-electron chi connectivity index (χ0n) is 10.1. The van der Waals surface area contributed by atoms with Crippen molar-refractivity contribution in [1.29, 1.82) is 0 Å². The molecular formula is C14H12N2O3. The molecule has 0 saturated heterocycles. The van der Waals surface area contributed by atoms with Gasteiger partial charge in [0, 0.05) is 6.20 Å². The summed E-state index contributed by atoms with van der Waals surface area (Å²) in [6, 6.07) is 11.7. The van der Waals surface area contributed by atoms with Crippen molar-refractivity contribution in [3.63, 3.8) is 0 Å². The molecule has 0 atom stereocenters. The van der Waals surface area contributed by atoms with Crippen molar-refractivity contribution in [1.82, 2.24) is 4.98 Å². The van der Waals surface area contributed by atoms with E-state index >= 15 is 0 Å². The maximum absolute atomic E-state index is 11.7. The van der Waals surface area contributed by atoms with E-state index in [9.17, 15) is 9.59 Å². The predicted molar refractivity (Wildman–Crippen MR) is 68.3 cm³/mol. The molecule has 5 heteroatoms. The molecule has 1 aromatic carbocycles. The summed E-state index contributed by atoms with van der Waals surface area (Å²) in [6.45, 7) is -0.0904. The fraction of sp³-hybridized carbons (Fsp3) is 0.0714. The maximum atomic E-state index is 11.7. The zero-order chi connectivity index (χ0) is 13.7. The Kier molecular flexibility index (Phi) is 3.87. The van der Waals surface area contributed by atoms with Crippen LogP contribution in [0.1, 0.15) is 26.4 Å². The van der Waals surface area contributed by atoms with Gasteiger partial charge in [0.2, 0.25) is 0 Å². The molecule has 0 fully saturated rings. The number of carbonyl (C=O) groups is 2. The molecule has 2 aromatic rings. The Labute approximate surface area is 110 Å². The van der Waals surface area contributed by atoms with Crippen LogP contribution in [0.15, 0.2) is 48.7 Å². The van der Waals surface area contributed by atoms with Gasteiger partial charge in [-0.2, -0.15) is 0 Å². The van der Waals surface area contributed by atoms with Crippen LogP contribution in [0.3, 0.4) is 0 Å². The first-order valence-corrected chi connectivity index (χ1v) is 5.64. The highest BCUT2D eigenvalue weighted by Gasteiger charge is 2.12. The van der Waals surface area contributed by atoms with Crippen LogP contribution in [0.4, 0.5) is 0 Å². The molecule has 0 bridgehead atoms. The van der Waals surface area contributed by atoms with Gasteiger partial charge in [-0.3, -0.25) is 9.78 Å². The predicted octanol–water partition coefficient (Wildman–Crippen LogP) is 1.54. The number of primary amides is 1. The minimum Gasteiger partial charge on any atom is -0.456 e. The average Bonchev–Trinajstić information content (AvgIpc) is 2.46. The molecule has 2 N–H and O–H groups in total. The van der Waals surface area contributed by atoms with Gasteiger partial charge < -0.3 is 10.5 Å². The summed E-state index contributed by atoms with van der Waals surface area (Å²) in [5.41, 5.74) is 6.26. The second kappa shape index (κ2) is 5.77. The molecule has 0 spiro atoms. The number of amides is 1. The number of hydrogen-bond acceptors (Lipinski definition) is 4. The third-order valence-electron chi connectivity index (χ3n) is 2.51. The Hall–Kier alpha value is -2.69. The number of esters is 1. The minimum atomic E-state index is -0.598. The first-order valence-electron chi connectivity index (χ1n) is 5.64. The number of rotatable bonds is 4. The van der Waals surface area contributed by atoms with Crippen LogP contribution in [0, 0.1) is 0 Å². The monoisotopic (exact) mass is 256 g/mol. The smallest absolute Gasteiger partial charge is 0.338 e. The lowest BCUT2D eigenvalue weighted by Gasteiger charge is -2.06. The molecule has 19 heavy (non-hydrogen) atoms. The van der Waals surface area contributed by atoms with Gasteiger partial charge in [0.05, 0.1) is 16.8 Å². The summed E-state index contributed by atoms with van der Waals surface area (Å²) in [4.78, 5) is 26.9. The van der Waals surface area contributed by atoms with Gasteiger partial charge in [-0.1, -0.05) is 18.2 Å². The summed E-state index contributed by atoms with van der Waals surface area (Å²) in [5, 5.41) is 0. The molecular weight excluding hydrogens is 244 g/mol. The SMILES string of the molecule is NC(=O)c1cccnc1COC(=O)c1ccccc1. The fourth-order valence-corrected chi connectivity index (χ4v) is 1.57. The summed E-state index contributed by atoms with van der Waals surface area (Å²) < 4.78 is 5.10. The van der Waals surface area contributed by atoms with Crippen LogP contribution in [0.5, 0.6) is 0 Å². The number of pyridine rings is 1. The van der Waals surface area contributed by atoms with E-state index in [0.29, 0.717) is 11.3 Å². The van der Waals surface area contributed by atoms with Crippen molar-refractivity contribution in [3.8, 4) is 0 Å². The molecule has 5 nitrogen and oxygen atoms in total. The molecule has 1 aromatic heterocycles. The summed E-state index contributed by atoms with van der Waals surface area (Å²) in [6.07, 6.45) is 1.51. The van der Waals surface area contributed by atoms with E-state index in [2.05, 4.69) is 4.98 Å². The van der Waals surface area contributed by atoms with Crippen molar-refractivity contribution in [2.45, 2.75) is 6.61 Å². The Balaban J connectivity index is 2.07. The second-order valence-corrected chi connectivity index (χ2v) is 3.80. The highest BCUT2D eigenvalue weighted by Crippen LogP contribution is 2.08. The van der Waals surface area contributed by atoms with Gasteiger partial charge in [-0.25, -0.2) is 4.79 Å². The fourth-order valence-electron chi connectivity index (χ4n) is 1.57. The van der Waals surface area contributed by atoms with Crippen molar-refractivity contribution in [3.05, 3.63) is 65.5 Å². The molecule has 1 amide bonds. The normalized spacial score (nSPS) is 9.89. The van der Waals surface area contributed by atoms with Crippen molar-refractivity contribution in [2.75, 3.05) is 0 Å². The van der Waals surface area contributed by atoms with Crippen molar-refractivity contribution in [2.24, 2.45) is 5.73 Å². The second-order valence-electron chi connectivity index (χ2n) is 3.80. The number of hydrogen-bond donors (Lipinski definition) is 1. The molecule has 0 aliphatic rings. The van der Waals surface area contributed by atoms with Gasteiger partial charge >= 0.3 is 5.97 Å². The van der Waals surface area contributed by atoms with E-state index in [1.165, 1.54) is 6.20 Å². The third kappa shape index (κ3) is 3.16. The van der Waals surface area contributed by atoms with E-state index < -0.39 is 11.9 Å². The number of nitrogens with two attached hydrogens (primary N) is 1. The molecule has 0 aliphatic carbocycles. The van der Waals surface area contributed by atoms with E-state index in [1.807, 2.05) is 0 Å². The van der Waals surface area contributed by atoms with E-state index in [4.69, 9.17) is 10.5 Å². The molecule has 0 unspecified atom stereocenters. The molecule has 2 rings (SSSR count). The highest BCUT2D eigenvalue weighted by molar-refractivity contribution is 5.94. The quantitative estimate of drug-likeness (QED) is 0.841. The van der Waals surface area contributed by atoms with E-state index in [0.717, 1.165) is 0 Å². The van der Waals surface area contributed by atoms with Crippen LogP contribution >= 0.6 is 0 Å². The molecule has 0 aliphatic heterocycles.